The first-order valence-electron chi connectivity index (χ1n) is 5.14. The molecule has 0 aliphatic heterocycles. The second-order valence-corrected chi connectivity index (χ2v) is 3.28. The monoisotopic (exact) mass is 262 g/mol. The van der Waals surface area contributed by atoms with Crippen molar-refractivity contribution in [3.63, 3.8) is 0 Å². The number of aromatic nitrogens is 1. The summed E-state index contributed by atoms with van der Waals surface area (Å²) in [4.78, 5) is 12.1. The van der Waals surface area contributed by atoms with Gasteiger partial charge in [0.15, 0.2) is 18.3 Å². The van der Waals surface area contributed by atoms with Crippen LogP contribution >= 0.6 is 0 Å². The van der Waals surface area contributed by atoms with E-state index in [1.165, 1.54) is 6.39 Å². The lowest BCUT2D eigenvalue weighted by molar-refractivity contribution is -0.172. The van der Waals surface area contributed by atoms with Gasteiger partial charge < -0.3 is 14.0 Å². The summed E-state index contributed by atoms with van der Waals surface area (Å²) < 4.78 is 10.5. The molecule has 1 aromatic carbocycles. The minimum Gasteiger partial charge on any atom is -0.496 e. The first-order chi connectivity index (χ1) is 9.35. The molecule has 7 nitrogen and oxygen atoms in total. The Morgan fingerprint density at radius 3 is 2.95 bits per heavy atom. The number of anilines is 1. The number of rotatable bonds is 4. The summed E-state index contributed by atoms with van der Waals surface area (Å²) in [6.07, 6.45) is 6.84. The van der Waals surface area contributed by atoms with Gasteiger partial charge in [-0.05, 0) is 12.1 Å². The van der Waals surface area contributed by atoms with E-state index in [-0.39, 0.29) is 0 Å². The smallest absolute Gasteiger partial charge is 0.203 e. The van der Waals surface area contributed by atoms with Crippen LogP contribution in [0.15, 0.2) is 35.2 Å². The van der Waals surface area contributed by atoms with Gasteiger partial charge in [0.2, 0.25) is 6.11 Å². The Kier molecular flexibility index (Phi) is 4.10. The first kappa shape index (κ1) is 12.6. The van der Waals surface area contributed by atoms with Gasteiger partial charge in [0.1, 0.15) is 5.75 Å². The fourth-order valence-corrected chi connectivity index (χ4v) is 1.43. The highest BCUT2D eigenvalue weighted by atomic mass is 17.1. The number of ether oxygens (including phenoxy) is 1. The number of nitrogens with one attached hydrogen (secondary N) is 1. The van der Waals surface area contributed by atoms with Gasteiger partial charge in [0, 0.05) is 6.07 Å². The number of oxazole rings is 1. The van der Waals surface area contributed by atoms with Crippen LogP contribution in [0.1, 0.15) is 0 Å². The van der Waals surface area contributed by atoms with Crippen molar-refractivity contribution < 1.29 is 24.1 Å². The van der Waals surface area contributed by atoms with Gasteiger partial charge >= 0.3 is 0 Å². The third-order valence-corrected chi connectivity index (χ3v) is 2.21. The van der Waals surface area contributed by atoms with Crippen LogP contribution < -0.4 is 10.2 Å². The number of hydrogen-bond acceptors (Lipinski definition) is 7. The van der Waals surface area contributed by atoms with E-state index < -0.39 is 0 Å². The topological polar surface area (TPSA) is 86.0 Å². The molecule has 0 saturated heterocycles. The highest BCUT2D eigenvalue weighted by Crippen LogP contribution is 2.32. The fourth-order valence-electron chi connectivity index (χ4n) is 1.43. The summed E-state index contributed by atoms with van der Waals surface area (Å²) in [5.74, 6) is 1.18. The molecule has 0 bridgehead atoms. The van der Waals surface area contributed by atoms with Gasteiger partial charge in [-0.3, -0.25) is 4.89 Å². The third kappa shape index (κ3) is 3.08. The molecular formula is C12H10N2O5. The molecule has 2 rings (SSSR count). The summed E-state index contributed by atoms with van der Waals surface area (Å²) in [6.45, 7) is 0. The molecule has 0 amide bonds. The third-order valence-electron chi connectivity index (χ3n) is 2.21. The molecule has 0 radical (unpaired) electrons. The number of benzene rings is 1. The van der Waals surface area contributed by atoms with Gasteiger partial charge in [-0.25, -0.2) is 10.5 Å². The summed E-state index contributed by atoms with van der Waals surface area (Å²) >= 11 is 0. The average Bonchev–Trinajstić information content (AvgIpc) is 2.97. The molecule has 0 fully saturated rings. The van der Waals surface area contributed by atoms with Crippen LogP contribution in [0.4, 0.5) is 5.69 Å². The lowest BCUT2D eigenvalue weighted by Crippen LogP contribution is -1.97. The molecule has 0 aliphatic carbocycles. The highest BCUT2D eigenvalue weighted by Gasteiger charge is 2.09. The Bertz CT molecular complexity index is 586. The second kappa shape index (κ2) is 6.18. The Morgan fingerprint density at radius 2 is 2.26 bits per heavy atom. The zero-order valence-electron chi connectivity index (χ0n) is 9.91. The molecule has 0 unspecified atom stereocenters. The zero-order valence-corrected chi connectivity index (χ0v) is 9.91. The SMILES string of the molecule is COc1cc(NOC#COO)ccc1-c1cnco1. The standard InChI is InChI=1S/C12H10N2O5/c1-16-11-6-9(14-18-4-5-19-15)2-3-10(11)12-7-13-8-17-12/h2-3,6-8,14-15H,1H3. The van der Waals surface area contributed by atoms with Crippen molar-refractivity contribution in [2.45, 2.75) is 0 Å². The normalized spacial score (nSPS) is 9.16. The van der Waals surface area contributed by atoms with Crippen molar-refractivity contribution in [3.8, 4) is 29.3 Å². The van der Waals surface area contributed by atoms with Crippen LogP contribution in [-0.2, 0) is 9.73 Å². The van der Waals surface area contributed by atoms with Crippen molar-refractivity contribution in [2.75, 3.05) is 12.6 Å². The zero-order chi connectivity index (χ0) is 13.5. The van der Waals surface area contributed by atoms with Gasteiger partial charge in [-0.15, -0.1) is 0 Å². The van der Waals surface area contributed by atoms with Crippen molar-refractivity contribution in [2.24, 2.45) is 0 Å². The van der Waals surface area contributed by atoms with Gasteiger partial charge in [-0.2, -0.15) is 5.26 Å². The largest absolute Gasteiger partial charge is 0.496 e. The van der Waals surface area contributed by atoms with E-state index in [1.54, 1.807) is 31.5 Å². The molecule has 1 aromatic heterocycles. The number of methoxy groups -OCH3 is 1. The molecule has 7 heteroatoms. The Hall–Kier alpha value is -2.85. The van der Waals surface area contributed by atoms with Crippen LogP contribution in [0.25, 0.3) is 11.3 Å². The second-order valence-electron chi connectivity index (χ2n) is 3.28. The first-order valence-corrected chi connectivity index (χ1v) is 5.14. The molecule has 0 spiro atoms. The molecule has 98 valence electrons. The summed E-state index contributed by atoms with van der Waals surface area (Å²) in [6, 6.07) is 5.21. The Balaban J connectivity index is 2.17. The fraction of sp³-hybridized carbons (Fsp3) is 0.0833. The molecule has 0 aliphatic rings. The Morgan fingerprint density at radius 1 is 1.37 bits per heavy atom. The molecule has 2 aromatic rings. The van der Waals surface area contributed by atoms with Crippen molar-refractivity contribution in [1.82, 2.24) is 4.98 Å². The van der Waals surface area contributed by atoms with Gasteiger partial charge in [0.05, 0.1) is 24.6 Å². The van der Waals surface area contributed by atoms with E-state index in [1.807, 2.05) is 6.11 Å². The maximum atomic E-state index is 7.97. The van der Waals surface area contributed by atoms with Gasteiger partial charge in [0.25, 0.3) is 0 Å². The minimum atomic E-state index is 0.580. The highest BCUT2D eigenvalue weighted by molar-refractivity contribution is 5.69. The lowest BCUT2D eigenvalue weighted by atomic mass is 10.1. The summed E-state index contributed by atoms with van der Waals surface area (Å²) in [5.41, 5.74) is 3.90. The Labute approximate surface area is 108 Å². The minimum absolute atomic E-state index is 0.580. The van der Waals surface area contributed by atoms with Gasteiger partial charge in [-0.1, -0.05) is 0 Å². The number of hydrogen-bond donors (Lipinski definition) is 2. The predicted octanol–water partition coefficient (Wildman–Crippen LogP) is 2.10. The van der Waals surface area contributed by atoms with Crippen molar-refractivity contribution in [1.29, 1.82) is 0 Å². The van der Waals surface area contributed by atoms with Crippen LogP contribution in [0, 0.1) is 12.2 Å². The maximum absolute atomic E-state index is 7.97. The molecule has 2 N–H and O–H groups in total. The molecule has 0 atom stereocenters. The predicted molar refractivity (Wildman–Crippen MR) is 64.7 cm³/mol. The van der Waals surface area contributed by atoms with E-state index in [2.05, 4.69) is 21.5 Å². The average molecular weight is 262 g/mol. The van der Waals surface area contributed by atoms with E-state index in [9.17, 15) is 0 Å². The van der Waals surface area contributed by atoms with E-state index >= 15 is 0 Å². The van der Waals surface area contributed by atoms with Crippen molar-refractivity contribution >= 4 is 5.69 Å². The molecule has 1 heterocycles. The maximum Gasteiger partial charge on any atom is 0.203 e. The lowest BCUT2D eigenvalue weighted by Gasteiger charge is -2.08. The van der Waals surface area contributed by atoms with Crippen LogP contribution in [0.5, 0.6) is 5.75 Å². The summed E-state index contributed by atoms with van der Waals surface area (Å²) in [5, 5.41) is 7.97. The number of nitrogens with zero attached hydrogens (tertiary/aromatic N) is 1. The molecular weight excluding hydrogens is 252 g/mol. The van der Waals surface area contributed by atoms with E-state index in [0.717, 1.165) is 5.56 Å². The quantitative estimate of drug-likeness (QED) is 0.495. The molecule has 0 saturated carbocycles. The summed E-state index contributed by atoms with van der Waals surface area (Å²) in [7, 11) is 1.54. The molecule has 19 heavy (non-hydrogen) atoms. The van der Waals surface area contributed by atoms with Crippen LogP contribution in [-0.4, -0.2) is 17.4 Å². The van der Waals surface area contributed by atoms with E-state index in [4.69, 9.17) is 19.2 Å². The van der Waals surface area contributed by atoms with Crippen LogP contribution in [0.2, 0.25) is 0 Å². The van der Waals surface area contributed by atoms with Crippen LogP contribution in [0.3, 0.4) is 0 Å². The van der Waals surface area contributed by atoms with E-state index in [0.29, 0.717) is 17.2 Å². The van der Waals surface area contributed by atoms with Crippen molar-refractivity contribution in [3.05, 3.63) is 30.8 Å².